The third-order valence-corrected chi connectivity index (χ3v) is 3.49. The van der Waals surface area contributed by atoms with Gasteiger partial charge in [0.05, 0.1) is 0 Å². The molecular weight excluding hydrogens is 278 g/mol. The van der Waals surface area contributed by atoms with E-state index < -0.39 is 12.9 Å². The molecule has 0 fully saturated rings. The van der Waals surface area contributed by atoms with E-state index in [2.05, 4.69) is 0 Å². The lowest BCUT2D eigenvalue weighted by molar-refractivity contribution is 0.305. The van der Waals surface area contributed by atoms with Crippen LogP contribution in [0.5, 0.6) is 5.75 Å². The number of thioether (sulfide) groups is 1. The Morgan fingerprint density at radius 1 is 1.15 bits per heavy atom. The highest BCUT2D eigenvalue weighted by atomic mass is 32.2. The monoisotopic (exact) mass is 292 g/mol. The molecule has 2 aromatic carbocycles. The smallest absolute Gasteiger partial charge is 0.488 e. The molecule has 0 spiro atoms. The summed E-state index contributed by atoms with van der Waals surface area (Å²) in [7, 11) is -1.69. The van der Waals surface area contributed by atoms with Gasteiger partial charge >= 0.3 is 7.12 Å². The minimum absolute atomic E-state index is 0.112. The molecule has 0 radical (unpaired) electrons. The van der Waals surface area contributed by atoms with E-state index >= 15 is 0 Å². The molecule has 2 N–H and O–H groups in total. The second-order valence-corrected chi connectivity index (χ2v) is 5.11. The fourth-order valence-electron chi connectivity index (χ4n) is 1.75. The van der Waals surface area contributed by atoms with Crippen molar-refractivity contribution < 1.29 is 19.2 Å². The normalized spacial score (nSPS) is 10.4. The number of hydrogen-bond donors (Lipinski definition) is 2. The van der Waals surface area contributed by atoms with Crippen LogP contribution in [0.15, 0.2) is 47.4 Å². The second kappa shape index (κ2) is 6.79. The summed E-state index contributed by atoms with van der Waals surface area (Å²) in [6, 6.07) is 11.5. The first kappa shape index (κ1) is 14.9. The summed E-state index contributed by atoms with van der Waals surface area (Å²) < 4.78 is 18.9. The van der Waals surface area contributed by atoms with Gasteiger partial charge in [-0.05, 0) is 53.7 Å². The molecule has 0 saturated heterocycles. The van der Waals surface area contributed by atoms with E-state index in [0.717, 1.165) is 11.0 Å². The van der Waals surface area contributed by atoms with Gasteiger partial charge in [-0.25, -0.2) is 4.39 Å². The Morgan fingerprint density at radius 2 is 1.85 bits per heavy atom. The van der Waals surface area contributed by atoms with Crippen LogP contribution in [0, 0.1) is 5.82 Å². The van der Waals surface area contributed by atoms with Gasteiger partial charge < -0.3 is 14.8 Å². The predicted octanol–water partition coefficient (Wildman–Crippen LogP) is 1.81. The quantitative estimate of drug-likeness (QED) is 0.652. The Morgan fingerprint density at radius 3 is 2.45 bits per heavy atom. The van der Waals surface area contributed by atoms with Crippen LogP contribution >= 0.6 is 11.8 Å². The molecule has 0 aliphatic rings. The summed E-state index contributed by atoms with van der Waals surface area (Å²) >= 11 is 1.64. The van der Waals surface area contributed by atoms with Crippen molar-refractivity contribution in [2.45, 2.75) is 11.5 Å². The molecule has 6 heteroatoms. The molecule has 0 heterocycles. The molecule has 0 unspecified atom stereocenters. The van der Waals surface area contributed by atoms with Gasteiger partial charge in [0.2, 0.25) is 0 Å². The maximum absolute atomic E-state index is 13.3. The van der Waals surface area contributed by atoms with Gasteiger partial charge in [-0.2, -0.15) is 0 Å². The molecule has 3 nitrogen and oxygen atoms in total. The van der Waals surface area contributed by atoms with E-state index in [1.807, 2.05) is 30.5 Å². The Balaban J connectivity index is 2.06. The van der Waals surface area contributed by atoms with Crippen molar-refractivity contribution in [2.75, 3.05) is 6.26 Å². The molecule has 0 aliphatic heterocycles. The van der Waals surface area contributed by atoms with E-state index in [1.54, 1.807) is 11.8 Å². The molecule has 0 aromatic heterocycles. The summed E-state index contributed by atoms with van der Waals surface area (Å²) in [5.41, 5.74) is 0.656. The van der Waals surface area contributed by atoms with Gasteiger partial charge in [0.1, 0.15) is 18.2 Å². The van der Waals surface area contributed by atoms with Crippen LogP contribution in [0.2, 0.25) is 0 Å². The van der Waals surface area contributed by atoms with Gasteiger partial charge in [-0.3, -0.25) is 0 Å². The first-order valence-corrected chi connectivity index (χ1v) is 7.23. The van der Waals surface area contributed by atoms with E-state index in [1.165, 1.54) is 12.1 Å². The lowest BCUT2D eigenvalue weighted by atomic mass is 9.79. The Hall–Kier alpha value is -1.50. The topological polar surface area (TPSA) is 49.7 Å². The zero-order chi connectivity index (χ0) is 14.5. The lowest BCUT2D eigenvalue weighted by Gasteiger charge is -2.09. The summed E-state index contributed by atoms with van der Waals surface area (Å²) in [6.45, 7) is 0.163. The molecule has 0 aliphatic carbocycles. The molecule has 0 atom stereocenters. The van der Waals surface area contributed by atoms with E-state index in [0.29, 0.717) is 11.3 Å². The molecular formula is C14H14BFO3S. The number of halogens is 1. The van der Waals surface area contributed by atoms with E-state index in [9.17, 15) is 4.39 Å². The molecule has 2 aromatic rings. The average molecular weight is 292 g/mol. The van der Waals surface area contributed by atoms with E-state index in [4.69, 9.17) is 14.8 Å². The minimum atomic E-state index is -1.69. The summed E-state index contributed by atoms with van der Waals surface area (Å²) in [5.74, 6) is 0.157. The lowest BCUT2D eigenvalue weighted by Crippen LogP contribution is -2.30. The minimum Gasteiger partial charge on any atom is -0.489 e. The van der Waals surface area contributed by atoms with Crippen molar-refractivity contribution in [2.24, 2.45) is 0 Å². The highest BCUT2D eigenvalue weighted by molar-refractivity contribution is 7.98. The zero-order valence-corrected chi connectivity index (χ0v) is 11.7. The van der Waals surface area contributed by atoms with Crippen molar-refractivity contribution >= 4 is 24.3 Å². The summed E-state index contributed by atoms with van der Waals surface area (Å²) in [6.07, 6.45) is 1.99. The zero-order valence-electron chi connectivity index (χ0n) is 10.9. The van der Waals surface area contributed by atoms with Gasteiger partial charge in [0.25, 0.3) is 0 Å². The van der Waals surface area contributed by atoms with Crippen LogP contribution < -0.4 is 10.2 Å². The van der Waals surface area contributed by atoms with Gasteiger partial charge in [0, 0.05) is 4.90 Å². The fourth-order valence-corrected chi connectivity index (χ4v) is 2.15. The van der Waals surface area contributed by atoms with Gasteiger partial charge in [-0.1, -0.05) is 6.07 Å². The SMILES string of the molecule is CSc1ccc(OCc2cc(F)cc(B(O)O)c2)cc1. The number of hydrogen-bond acceptors (Lipinski definition) is 4. The van der Waals surface area contributed by atoms with Crippen molar-refractivity contribution in [1.29, 1.82) is 0 Å². The molecule has 0 saturated carbocycles. The van der Waals surface area contributed by atoms with Crippen molar-refractivity contribution in [3.8, 4) is 5.75 Å². The Kier molecular flexibility index (Phi) is 5.06. The van der Waals surface area contributed by atoms with Crippen molar-refractivity contribution in [3.63, 3.8) is 0 Å². The average Bonchev–Trinajstić information content (AvgIpc) is 2.45. The number of rotatable bonds is 5. The van der Waals surface area contributed by atoms with Gasteiger partial charge in [-0.15, -0.1) is 11.8 Å². The van der Waals surface area contributed by atoms with Crippen LogP contribution in [0.1, 0.15) is 5.56 Å². The number of ether oxygens (including phenoxy) is 1. The summed E-state index contributed by atoms with van der Waals surface area (Å²) in [5, 5.41) is 18.1. The second-order valence-electron chi connectivity index (χ2n) is 4.23. The maximum Gasteiger partial charge on any atom is 0.488 e. The van der Waals surface area contributed by atoms with Crippen LogP contribution in [0.3, 0.4) is 0 Å². The molecule has 0 amide bonds. The number of benzene rings is 2. The highest BCUT2D eigenvalue weighted by Gasteiger charge is 2.13. The summed E-state index contributed by atoms with van der Waals surface area (Å²) in [4.78, 5) is 1.13. The third kappa shape index (κ3) is 4.00. The molecule has 104 valence electrons. The largest absolute Gasteiger partial charge is 0.489 e. The Bertz CT molecular complexity index is 575. The Labute approximate surface area is 121 Å². The molecule has 2 rings (SSSR count). The fraction of sp³-hybridized carbons (Fsp3) is 0.143. The van der Waals surface area contributed by atoms with Crippen LogP contribution in [-0.2, 0) is 6.61 Å². The van der Waals surface area contributed by atoms with Crippen LogP contribution in [0.4, 0.5) is 4.39 Å². The van der Waals surface area contributed by atoms with Crippen molar-refractivity contribution in [1.82, 2.24) is 0 Å². The predicted molar refractivity (Wildman–Crippen MR) is 78.8 cm³/mol. The third-order valence-electron chi connectivity index (χ3n) is 2.74. The first-order chi connectivity index (χ1) is 9.58. The van der Waals surface area contributed by atoms with Crippen LogP contribution in [-0.4, -0.2) is 23.4 Å². The highest BCUT2D eigenvalue weighted by Crippen LogP contribution is 2.19. The van der Waals surface area contributed by atoms with Gasteiger partial charge in [0.15, 0.2) is 0 Å². The maximum atomic E-state index is 13.3. The molecule has 20 heavy (non-hydrogen) atoms. The molecule has 0 bridgehead atoms. The first-order valence-electron chi connectivity index (χ1n) is 6.01. The van der Waals surface area contributed by atoms with Crippen LogP contribution in [0.25, 0.3) is 0 Å². The van der Waals surface area contributed by atoms with E-state index in [-0.39, 0.29) is 12.1 Å². The standard InChI is InChI=1S/C14H14BFO3S/c1-20-14-4-2-13(3-5-14)19-9-10-6-11(15(17)18)8-12(16)7-10/h2-8,17-18H,9H2,1H3. The van der Waals surface area contributed by atoms with Crippen molar-refractivity contribution in [3.05, 3.63) is 53.8 Å².